The lowest BCUT2D eigenvalue weighted by atomic mass is 10.5. The molecule has 0 rings (SSSR count). The van der Waals surface area contributed by atoms with Crippen LogP contribution in [0.3, 0.4) is 0 Å². The number of amides is 1. The number of nitrogens with one attached hydrogen (secondary N) is 2. The molecule has 2 N–H and O–H groups in total. The molecular formula is C11H23ClN2O5. The second kappa shape index (κ2) is 17.1. The van der Waals surface area contributed by atoms with E-state index in [0.29, 0.717) is 32.9 Å². The number of hydrogen-bond donors (Lipinski definition) is 2. The van der Waals surface area contributed by atoms with Crippen LogP contribution in [0.1, 0.15) is 0 Å². The minimum atomic E-state index is -0.413. The fraction of sp³-hybridized carbons (Fsp3) is 0.818. The minimum absolute atomic E-state index is 0.0707. The molecule has 7 nitrogen and oxygen atoms in total. The van der Waals surface area contributed by atoms with E-state index >= 15 is 0 Å². The molecule has 0 atom stereocenters. The zero-order valence-electron chi connectivity index (χ0n) is 11.7. The summed E-state index contributed by atoms with van der Waals surface area (Å²) in [6.45, 7) is 1.79. The van der Waals surface area contributed by atoms with Gasteiger partial charge in [-0.3, -0.25) is 4.79 Å². The first-order valence-corrected chi connectivity index (χ1v) is 6.47. The van der Waals surface area contributed by atoms with E-state index in [1.807, 2.05) is 0 Å². The SMILES string of the molecule is CCl.CNCC(=O)NCCOCCOCC(=O)OC. The predicted octanol–water partition coefficient (Wildman–Crippen LogP) is -0.617. The van der Waals surface area contributed by atoms with Gasteiger partial charge in [0.05, 0.1) is 33.5 Å². The van der Waals surface area contributed by atoms with Crippen LogP contribution in [0.15, 0.2) is 0 Å². The maximum Gasteiger partial charge on any atom is 0.331 e. The number of esters is 1. The second-order valence-electron chi connectivity index (χ2n) is 3.12. The molecule has 1 amide bonds. The molecule has 114 valence electrons. The van der Waals surface area contributed by atoms with Crippen LogP contribution in [0.2, 0.25) is 0 Å². The molecule has 0 saturated heterocycles. The second-order valence-corrected chi connectivity index (χ2v) is 3.12. The van der Waals surface area contributed by atoms with Crippen molar-refractivity contribution in [3.63, 3.8) is 0 Å². The number of methoxy groups -OCH3 is 1. The summed E-state index contributed by atoms with van der Waals surface area (Å²) >= 11 is 4.64. The molecule has 19 heavy (non-hydrogen) atoms. The molecule has 0 aliphatic rings. The lowest BCUT2D eigenvalue weighted by Gasteiger charge is -2.06. The quantitative estimate of drug-likeness (QED) is 0.318. The van der Waals surface area contributed by atoms with Gasteiger partial charge in [0, 0.05) is 12.9 Å². The third-order valence-electron chi connectivity index (χ3n) is 1.73. The molecule has 0 spiro atoms. The number of likely N-dealkylation sites (N-methyl/N-ethyl adjacent to an activating group) is 1. The van der Waals surface area contributed by atoms with Crippen LogP contribution in [0, 0.1) is 0 Å². The number of halogens is 1. The summed E-state index contributed by atoms with van der Waals surface area (Å²) in [6.07, 6.45) is 1.47. The van der Waals surface area contributed by atoms with Crippen molar-refractivity contribution in [3.8, 4) is 0 Å². The average Bonchev–Trinajstić information content (AvgIpc) is 2.44. The molecule has 0 radical (unpaired) electrons. The van der Waals surface area contributed by atoms with Crippen LogP contribution in [0.5, 0.6) is 0 Å². The van der Waals surface area contributed by atoms with E-state index in [1.54, 1.807) is 7.05 Å². The van der Waals surface area contributed by atoms with Crippen molar-refractivity contribution in [2.24, 2.45) is 0 Å². The van der Waals surface area contributed by atoms with E-state index in [2.05, 4.69) is 27.0 Å². The summed E-state index contributed by atoms with van der Waals surface area (Å²) in [5.41, 5.74) is 0. The average molecular weight is 299 g/mol. The Balaban J connectivity index is 0. The normalized spacial score (nSPS) is 9.26. The number of carbonyl (C=O) groups is 2. The van der Waals surface area contributed by atoms with Crippen molar-refractivity contribution in [2.75, 3.05) is 60.1 Å². The highest BCUT2D eigenvalue weighted by molar-refractivity contribution is 6.15. The summed E-state index contributed by atoms with van der Waals surface area (Å²) in [5, 5.41) is 5.40. The Labute approximate surface area is 118 Å². The zero-order chi connectivity index (χ0) is 14.9. The van der Waals surface area contributed by atoms with Crippen molar-refractivity contribution in [3.05, 3.63) is 0 Å². The highest BCUT2D eigenvalue weighted by Crippen LogP contribution is 1.80. The summed E-state index contributed by atoms with van der Waals surface area (Å²) in [6, 6.07) is 0. The van der Waals surface area contributed by atoms with E-state index in [4.69, 9.17) is 9.47 Å². The van der Waals surface area contributed by atoms with Gasteiger partial charge in [-0.15, -0.1) is 11.6 Å². The third kappa shape index (κ3) is 17.1. The van der Waals surface area contributed by atoms with Gasteiger partial charge >= 0.3 is 5.97 Å². The Kier molecular flexibility index (Phi) is 18.4. The number of hydrogen-bond acceptors (Lipinski definition) is 6. The molecular weight excluding hydrogens is 276 g/mol. The van der Waals surface area contributed by atoms with Crippen LogP contribution >= 0.6 is 11.6 Å². The highest BCUT2D eigenvalue weighted by atomic mass is 35.5. The minimum Gasteiger partial charge on any atom is -0.467 e. The van der Waals surface area contributed by atoms with Crippen LogP contribution in [-0.2, 0) is 23.8 Å². The van der Waals surface area contributed by atoms with Crippen LogP contribution in [0.4, 0.5) is 0 Å². The fourth-order valence-electron chi connectivity index (χ4n) is 0.920. The third-order valence-corrected chi connectivity index (χ3v) is 1.73. The maximum atomic E-state index is 11.0. The topological polar surface area (TPSA) is 85.9 Å². The Morgan fingerprint density at radius 1 is 1.11 bits per heavy atom. The van der Waals surface area contributed by atoms with Gasteiger partial charge in [0.2, 0.25) is 5.91 Å². The van der Waals surface area contributed by atoms with Gasteiger partial charge in [-0.2, -0.15) is 0 Å². The van der Waals surface area contributed by atoms with E-state index in [0.717, 1.165) is 0 Å². The number of carbonyl (C=O) groups excluding carboxylic acids is 2. The monoisotopic (exact) mass is 298 g/mol. The van der Waals surface area contributed by atoms with Gasteiger partial charge in [0.1, 0.15) is 6.61 Å². The van der Waals surface area contributed by atoms with Gasteiger partial charge in [-0.25, -0.2) is 4.79 Å². The summed E-state index contributed by atoms with van der Waals surface area (Å²) in [4.78, 5) is 21.6. The first-order chi connectivity index (χ1) is 9.20. The van der Waals surface area contributed by atoms with Crippen molar-refractivity contribution in [1.82, 2.24) is 10.6 Å². The van der Waals surface area contributed by atoms with Gasteiger partial charge in [0.15, 0.2) is 0 Å². The Morgan fingerprint density at radius 2 is 1.74 bits per heavy atom. The molecule has 0 aromatic heterocycles. The predicted molar refractivity (Wildman–Crippen MR) is 72.4 cm³/mol. The van der Waals surface area contributed by atoms with Gasteiger partial charge in [-0.05, 0) is 7.05 Å². The molecule has 0 aromatic rings. The molecule has 0 fully saturated rings. The first kappa shape index (κ1) is 20.4. The molecule has 0 aliphatic heterocycles. The van der Waals surface area contributed by atoms with E-state index in [-0.39, 0.29) is 12.5 Å². The van der Waals surface area contributed by atoms with Crippen LogP contribution in [0.25, 0.3) is 0 Å². The molecule has 0 aromatic carbocycles. The smallest absolute Gasteiger partial charge is 0.331 e. The maximum absolute atomic E-state index is 11.0. The summed E-state index contributed by atoms with van der Waals surface area (Å²) in [5.74, 6) is -0.484. The molecule has 0 heterocycles. The lowest BCUT2D eigenvalue weighted by molar-refractivity contribution is -0.146. The van der Waals surface area contributed by atoms with Gasteiger partial charge < -0.3 is 24.8 Å². The Hall–Kier alpha value is -0.890. The largest absolute Gasteiger partial charge is 0.467 e. The number of ether oxygens (including phenoxy) is 3. The zero-order valence-corrected chi connectivity index (χ0v) is 12.4. The molecule has 0 unspecified atom stereocenters. The standard InChI is InChI=1S/C10H20N2O5.CH3Cl/c1-11-7-9(13)12-3-4-16-5-6-17-8-10(14)15-2;1-2/h11H,3-8H2,1-2H3,(H,12,13);1H3. The summed E-state index contributed by atoms with van der Waals surface area (Å²) in [7, 11) is 3.00. The van der Waals surface area contributed by atoms with Gasteiger partial charge in [-0.1, -0.05) is 0 Å². The van der Waals surface area contributed by atoms with E-state index < -0.39 is 5.97 Å². The molecule has 8 heteroatoms. The molecule has 0 bridgehead atoms. The van der Waals surface area contributed by atoms with Crippen molar-refractivity contribution in [2.45, 2.75) is 0 Å². The first-order valence-electron chi connectivity index (χ1n) is 5.72. The van der Waals surface area contributed by atoms with Crippen molar-refractivity contribution >= 4 is 23.5 Å². The van der Waals surface area contributed by atoms with Crippen molar-refractivity contribution < 1.29 is 23.8 Å². The van der Waals surface area contributed by atoms with Crippen LogP contribution in [-0.4, -0.2) is 71.9 Å². The number of alkyl halides is 1. The Morgan fingerprint density at radius 3 is 2.32 bits per heavy atom. The molecule has 0 saturated carbocycles. The summed E-state index contributed by atoms with van der Waals surface area (Å²) < 4.78 is 14.5. The molecule has 0 aliphatic carbocycles. The van der Waals surface area contributed by atoms with E-state index in [9.17, 15) is 9.59 Å². The van der Waals surface area contributed by atoms with Crippen molar-refractivity contribution in [1.29, 1.82) is 0 Å². The number of rotatable bonds is 10. The Bertz CT molecular complexity index is 229. The van der Waals surface area contributed by atoms with E-state index in [1.165, 1.54) is 13.5 Å². The highest BCUT2D eigenvalue weighted by Gasteiger charge is 1.99. The fourth-order valence-corrected chi connectivity index (χ4v) is 0.920. The van der Waals surface area contributed by atoms with Crippen LogP contribution < -0.4 is 10.6 Å². The van der Waals surface area contributed by atoms with Gasteiger partial charge in [0.25, 0.3) is 0 Å². The lowest BCUT2D eigenvalue weighted by Crippen LogP contribution is -2.34.